The van der Waals surface area contributed by atoms with Crippen LogP contribution in [-0.4, -0.2) is 60.2 Å². The van der Waals surface area contributed by atoms with E-state index in [9.17, 15) is 19.1 Å². The summed E-state index contributed by atoms with van der Waals surface area (Å²) in [5, 5.41) is 18.5. The summed E-state index contributed by atoms with van der Waals surface area (Å²) in [5.41, 5.74) is -0.559. The summed E-state index contributed by atoms with van der Waals surface area (Å²) < 4.78 is 26.7. The van der Waals surface area contributed by atoms with Crippen molar-refractivity contribution in [2.45, 2.75) is 6.54 Å². The molecule has 0 aliphatic heterocycles. The number of likely N-dealkylation sites (N-methyl/N-ethyl adjacent to an activating group) is 1. The molecular weight excluding hydrogens is 409 g/mol. The van der Waals surface area contributed by atoms with Crippen molar-refractivity contribution in [3.05, 3.63) is 57.6 Å². The number of pyridine rings is 2. The molecule has 0 bridgehead atoms. The van der Waals surface area contributed by atoms with Crippen molar-refractivity contribution in [1.29, 1.82) is 0 Å². The Hall–Kier alpha value is -3.66. The van der Waals surface area contributed by atoms with E-state index in [0.29, 0.717) is 17.1 Å². The molecule has 164 valence electrons. The molecule has 31 heavy (non-hydrogen) atoms. The second-order valence-electron chi connectivity index (χ2n) is 6.79. The van der Waals surface area contributed by atoms with Crippen LogP contribution in [0.15, 0.2) is 35.3 Å². The van der Waals surface area contributed by atoms with Gasteiger partial charge in [0.15, 0.2) is 11.6 Å². The Morgan fingerprint density at radius 3 is 2.61 bits per heavy atom. The average Bonchev–Trinajstić information content (AvgIpc) is 2.75. The first kappa shape index (κ1) is 22.0. The summed E-state index contributed by atoms with van der Waals surface area (Å²) in [5.74, 6) is -1.23. The first-order chi connectivity index (χ1) is 14.8. The Labute approximate surface area is 176 Å². The third-order valence-corrected chi connectivity index (χ3v) is 4.85. The number of hydrogen-bond acceptors (Lipinski definition) is 7. The normalized spacial score (nSPS) is 10.9. The molecule has 0 amide bonds. The average molecular weight is 431 g/mol. The minimum Gasteiger partial charge on any atom is -0.497 e. The molecule has 0 aliphatic carbocycles. The molecular formula is C21H22FN3O6. The highest BCUT2D eigenvalue weighted by atomic mass is 19.1. The third-order valence-electron chi connectivity index (χ3n) is 4.85. The monoisotopic (exact) mass is 431 g/mol. The summed E-state index contributed by atoms with van der Waals surface area (Å²) in [4.78, 5) is 30.0. The number of carboxylic acid groups (broad SMARTS) is 1. The predicted octanol–water partition coefficient (Wildman–Crippen LogP) is 1.73. The molecule has 2 N–H and O–H groups in total. The molecule has 3 rings (SSSR count). The summed E-state index contributed by atoms with van der Waals surface area (Å²) in [6, 6.07) is 6.10. The quantitative estimate of drug-likeness (QED) is 0.554. The number of carboxylic acids is 1. The van der Waals surface area contributed by atoms with Crippen LogP contribution in [0.3, 0.4) is 0 Å². The molecule has 1 aromatic carbocycles. The van der Waals surface area contributed by atoms with Crippen molar-refractivity contribution in [2.24, 2.45) is 0 Å². The van der Waals surface area contributed by atoms with E-state index in [2.05, 4.69) is 4.98 Å². The first-order valence-electron chi connectivity index (χ1n) is 9.30. The van der Waals surface area contributed by atoms with Crippen molar-refractivity contribution in [1.82, 2.24) is 9.55 Å². The fourth-order valence-electron chi connectivity index (χ4n) is 3.24. The number of anilines is 1. The molecule has 9 nitrogen and oxygen atoms in total. The van der Waals surface area contributed by atoms with Gasteiger partial charge in [-0.3, -0.25) is 4.79 Å². The number of aromatic carboxylic acids is 1. The number of carbonyl (C=O) groups is 1. The smallest absolute Gasteiger partial charge is 0.341 e. The van der Waals surface area contributed by atoms with E-state index < -0.39 is 22.8 Å². The first-order valence-corrected chi connectivity index (χ1v) is 9.30. The SMILES string of the molecule is COc1ccc(Cn2cc(C(=O)O)c(=O)c3cc(F)c(N(C)CCO)nc32)c(OC)c1. The van der Waals surface area contributed by atoms with Crippen LogP contribution in [0.4, 0.5) is 10.2 Å². The molecule has 0 saturated carbocycles. The Morgan fingerprint density at radius 2 is 2.00 bits per heavy atom. The number of methoxy groups -OCH3 is 2. The minimum absolute atomic E-state index is 0.0699. The molecule has 2 aromatic heterocycles. The number of benzene rings is 1. The molecule has 0 saturated heterocycles. The van der Waals surface area contributed by atoms with E-state index in [4.69, 9.17) is 14.6 Å². The van der Waals surface area contributed by atoms with Gasteiger partial charge in [0.05, 0.1) is 32.8 Å². The van der Waals surface area contributed by atoms with Gasteiger partial charge in [-0.2, -0.15) is 0 Å². The highest BCUT2D eigenvalue weighted by molar-refractivity contribution is 5.92. The zero-order valence-corrected chi connectivity index (χ0v) is 17.3. The number of aliphatic hydroxyl groups is 1. The van der Waals surface area contributed by atoms with Crippen LogP contribution in [0.25, 0.3) is 11.0 Å². The highest BCUT2D eigenvalue weighted by Crippen LogP contribution is 2.27. The van der Waals surface area contributed by atoms with Gasteiger partial charge in [0.25, 0.3) is 0 Å². The number of aliphatic hydroxyl groups excluding tert-OH is 1. The van der Waals surface area contributed by atoms with Gasteiger partial charge < -0.3 is 29.2 Å². The lowest BCUT2D eigenvalue weighted by atomic mass is 10.1. The zero-order chi connectivity index (χ0) is 22.7. The van der Waals surface area contributed by atoms with Gasteiger partial charge in [-0.25, -0.2) is 14.2 Å². The van der Waals surface area contributed by atoms with Crippen molar-refractivity contribution >= 4 is 22.8 Å². The summed E-state index contributed by atoms with van der Waals surface area (Å²) in [6.45, 7) is 0.00858. The van der Waals surface area contributed by atoms with E-state index >= 15 is 0 Å². The van der Waals surface area contributed by atoms with Gasteiger partial charge in [-0.1, -0.05) is 0 Å². The number of halogens is 1. The standard InChI is InChI=1S/C21H22FN3O6/c1-24(6-7-26)20-16(22)9-14-18(27)15(21(28)29)11-25(19(14)23-20)10-12-4-5-13(30-2)8-17(12)31-3/h4-5,8-9,11,26H,6-7,10H2,1-3H3,(H,28,29). The lowest BCUT2D eigenvalue weighted by Crippen LogP contribution is -2.25. The summed E-state index contributed by atoms with van der Waals surface area (Å²) >= 11 is 0. The number of hydrogen-bond donors (Lipinski definition) is 2. The van der Waals surface area contributed by atoms with Crippen LogP contribution in [0.1, 0.15) is 15.9 Å². The van der Waals surface area contributed by atoms with E-state index in [1.165, 1.54) is 29.9 Å². The Balaban J connectivity index is 2.26. The van der Waals surface area contributed by atoms with Crippen LogP contribution in [0.2, 0.25) is 0 Å². The molecule has 2 heterocycles. The Morgan fingerprint density at radius 1 is 1.26 bits per heavy atom. The number of rotatable bonds is 8. The van der Waals surface area contributed by atoms with Crippen molar-refractivity contribution in [3.8, 4) is 11.5 Å². The minimum atomic E-state index is -1.43. The van der Waals surface area contributed by atoms with Crippen molar-refractivity contribution in [2.75, 3.05) is 39.3 Å². The molecule has 0 spiro atoms. The Kier molecular flexibility index (Phi) is 6.40. The van der Waals surface area contributed by atoms with Crippen LogP contribution in [0, 0.1) is 5.82 Å². The third kappa shape index (κ3) is 4.29. The maximum Gasteiger partial charge on any atom is 0.341 e. The number of aromatic nitrogens is 2. The summed E-state index contributed by atoms with van der Waals surface area (Å²) in [6.07, 6.45) is 1.18. The van der Waals surface area contributed by atoms with Crippen LogP contribution in [0.5, 0.6) is 11.5 Å². The number of nitrogens with zero attached hydrogens (tertiary/aromatic N) is 3. The van der Waals surface area contributed by atoms with E-state index in [1.54, 1.807) is 25.2 Å². The van der Waals surface area contributed by atoms with Gasteiger partial charge in [-0.15, -0.1) is 0 Å². The maximum absolute atomic E-state index is 14.7. The van der Waals surface area contributed by atoms with Crippen LogP contribution >= 0.6 is 0 Å². The Bertz CT molecular complexity index is 1190. The second kappa shape index (κ2) is 9.00. The van der Waals surface area contributed by atoms with Gasteiger partial charge >= 0.3 is 5.97 Å². The fourth-order valence-corrected chi connectivity index (χ4v) is 3.24. The van der Waals surface area contributed by atoms with Gasteiger partial charge in [0.1, 0.15) is 22.7 Å². The predicted molar refractivity (Wildman–Crippen MR) is 112 cm³/mol. The lowest BCUT2D eigenvalue weighted by molar-refractivity contribution is 0.0695. The van der Waals surface area contributed by atoms with Crippen LogP contribution in [-0.2, 0) is 6.54 Å². The number of ether oxygens (including phenoxy) is 2. The number of fused-ring (bicyclic) bond motifs is 1. The van der Waals surface area contributed by atoms with E-state index in [-0.39, 0.29) is 36.5 Å². The molecule has 0 unspecified atom stereocenters. The lowest BCUT2D eigenvalue weighted by Gasteiger charge is -2.20. The molecule has 10 heteroatoms. The van der Waals surface area contributed by atoms with E-state index in [0.717, 1.165) is 6.07 Å². The molecule has 0 radical (unpaired) electrons. The topological polar surface area (TPSA) is 114 Å². The summed E-state index contributed by atoms with van der Waals surface area (Å²) in [7, 11) is 4.56. The zero-order valence-electron chi connectivity index (χ0n) is 17.3. The molecule has 0 fully saturated rings. The van der Waals surface area contributed by atoms with E-state index in [1.807, 2.05) is 0 Å². The van der Waals surface area contributed by atoms with Crippen molar-refractivity contribution < 1.29 is 28.9 Å². The molecule has 0 atom stereocenters. The second-order valence-corrected chi connectivity index (χ2v) is 6.79. The van der Waals surface area contributed by atoms with Gasteiger partial charge in [0, 0.05) is 31.4 Å². The molecule has 0 aliphatic rings. The van der Waals surface area contributed by atoms with Crippen LogP contribution < -0.4 is 19.8 Å². The maximum atomic E-state index is 14.7. The molecule has 3 aromatic rings. The fraction of sp³-hybridized carbons (Fsp3) is 0.286. The highest BCUT2D eigenvalue weighted by Gasteiger charge is 2.20. The van der Waals surface area contributed by atoms with Crippen molar-refractivity contribution in [3.63, 3.8) is 0 Å². The van der Waals surface area contributed by atoms with Gasteiger partial charge in [-0.05, 0) is 18.2 Å². The largest absolute Gasteiger partial charge is 0.497 e. The van der Waals surface area contributed by atoms with Gasteiger partial charge in [0.2, 0.25) is 5.43 Å².